The average Bonchev–Trinajstić information content (AvgIpc) is 2.71. The van der Waals surface area contributed by atoms with Crippen molar-refractivity contribution in [2.45, 2.75) is 59.9 Å². The molecule has 0 radical (unpaired) electrons. The number of nitrogens with zero attached hydrogens (tertiary/aromatic N) is 1. The van der Waals surface area contributed by atoms with Crippen molar-refractivity contribution in [1.82, 2.24) is 0 Å². The summed E-state index contributed by atoms with van der Waals surface area (Å²) >= 11 is -1.34. The van der Waals surface area contributed by atoms with Crippen LogP contribution in [0, 0.1) is 25.1 Å². The molecule has 1 aliphatic heterocycles. The number of anilines is 1. The average molecular weight is 456 g/mol. The number of benzene rings is 2. The molecule has 170 valence electrons. The van der Waals surface area contributed by atoms with E-state index in [1.165, 1.54) is 6.07 Å². The molecule has 2 aromatic carbocycles. The first-order valence-electron chi connectivity index (χ1n) is 11.0. The number of fused-ring (bicyclic) bond motifs is 3. The molecule has 1 aliphatic carbocycles. The quantitative estimate of drug-likeness (QED) is 0.579. The fraction of sp³-hybridized carbons (Fsp3) is 0.423. The van der Waals surface area contributed by atoms with E-state index < -0.39 is 17.3 Å². The standard InChI is InChI=1S/C26H30FNO3S/c1-15-19(13-21(29)30)22(17-9-11-26(3,4)12-10-17)16(2)23-24-18(7-6-8-20(24)27)14-28(25(15)23)32(5)31/h6-9H,10-14H2,1-5H3,(H,29,30). The molecule has 4 nitrogen and oxygen atoms in total. The van der Waals surface area contributed by atoms with Crippen LogP contribution in [0.2, 0.25) is 0 Å². The summed E-state index contributed by atoms with van der Waals surface area (Å²) in [6, 6.07) is 5.02. The van der Waals surface area contributed by atoms with Gasteiger partial charge in [-0.05, 0) is 78.0 Å². The summed E-state index contributed by atoms with van der Waals surface area (Å²) in [5.41, 5.74) is 7.44. The van der Waals surface area contributed by atoms with Gasteiger partial charge in [-0.3, -0.25) is 4.79 Å². The molecule has 2 aromatic rings. The Kier molecular flexibility index (Phi) is 5.88. The van der Waals surface area contributed by atoms with E-state index in [4.69, 9.17) is 0 Å². The van der Waals surface area contributed by atoms with Gasteiger partial charge in [-0.2, -0.15) is 4.31 Å². The van der Waals surface area contributed by atoms with Crippen LogP contribution in [0.4, 0.5) is 10.1 Å². The Morgan fingerprint density at radius 1 is 1.22 bits per heavy atom. The van der Waals surface area contributed by atoms with Crippen molar-refractivity contribution < 1.29 is 18.8 Å². The summed E-state index contributed by atoms with van der Waals surface area (Å²) in [6.07, 6.45) is 6.50. The van der Waals surface area contributed by atoms with E-state index in [1.54, 1.807) is 16.6 Å². The number of carboxylic acids is 1. The van der Waals surface area contributed by atoms with Crippen LogP contribution in [0.5, 0.6) is 0 Å². The Bertz CT molecular complexity index is 1140. The number of rotatable bonds is 4. The molecule has 0 aromatic heterocycles. The number of aliphatic carboxylic acids is 1. The molecule has 1 N–H and O–H groups in total. The van der Waals surface area contributed by atoms with Crippen molar-refractivity contribution in [3.05, 3.63) is 57.9 Å². The molecule has 1 heterocycles. The molecular formula is C26H30FNO3S. The van der Waals surface area contributed by atoms with Crippen LogP contribution in [-0.4, -0.2) is 21.9 Å². The number of carboxylic acid groups (broad SMARTS) is 1. The molecule has 0 bridgehead atoms. The second-order valence-electron chi connectivity index (χ2n) is 9.73. The molecular weight excluding hydrogens is 425 g/mol. The van der Waals surface area contributed by atoms with Crippen molar-refractivity contribution in [2.24, 2.45) is 5.41 Å². The number of hydrogen-bond donors (Lipinski definition) is 1. The number of halogens is 1. The predicted octanol–water partition coefficient (Wildman–Crippen LogP) is 5.94. The third-order valence-electron chi connectivity index (χ3n) is 6.94. The minimum atomic E-state index is -1.34. The van der Waals surface area contributed by atoms with Gasteiger partial charge in [0, 0.05) is 11.1 Å². The molecule has 32 heavy (non-hydrogen) atoms. The second kappa shape index (κ2) is 8.23. The zero-order chi connectivity index (χ0) is 23.4. The van der Waals surface area contributed by atoms with Gasteiger partial charge in [-0.15, -0.1) is 0 Å². The van der Waals surface area contributed by atoms with Crippen molar-refractivity contribution >= 4 is 28.6 Å². The molecule has 0 fully saturated rings. The van der Waals surface area contributed by atoms with Gasteiger partial charge in [0.15, 0.2) is 0 Å². The van der Waals surface area contributed by atoms with E-state index in [0.717, 1.165) is 58.2 Å². The first-order chi connectivity index (χ1) is 15.0. The maximum atomic E-state index is 15.2. The first kappa shape index (κ1) is 22.9. The molecule has 2 aliphatic rings. The molecule has 0 saturated carbocycles. The second-order valence-corrected chi connectivity index (χ2v) is 11.0. The SMILES string of the molecule is Cc1c(C2=CCC(C)(C)CC2)c(CC(=O)O)c(C)c2c1-c1c(F)cccc1CN2[S+](C)[O-]. The summed E-state index contributed by atoms with van der Waals surface area (Å²) < 4.78 is 29.7. The molecule has 6 heteroatoms. The van der Waals surface area contributed by atoms with Gasteiger partial charge in [-0.25, -0.2) is 4.39 Å². The predicted molar refractivity (Wildman–Crippen MR) is 129 cm³/mol. The van der Waals surface area contributed by atoms with Gasteiger partial charge in [0.05, 0.1) is 30.0 Å². The van der Waals surface area contributed by atoms with Crippen LogP contribution in [0.3, 0.4) is 0 Å². The highest BCUT2D eigenvalue weighted by Crippen LogP contribution is 2.50. The van der Waals surface area contributed by atoms with Gasteiger partial charge in [0.25, 0.3) is 0 Å². The van der Waals surface area contributed by atoms with E-state index in [9.17, 15) is 14.5 Å². The highest BCUT2D eigenvalue weighted by Gasteiger charge is 2.36. The Labute approximate surface area is 192 Å². The van der Waals surface area contributed by atoms with Crippen molar-refractivity contribution in [1.29, 1.82) is 0 Å². The third kappa shape index (κ3) is 3.84. The lowest BCUT2D eigenvalue weighted by atomic mass is 9.73. The van der Waals surface area contributed by atoms with Crippen LogP contribution in [0.1, 0.15) is 60.9 Å². The molecule has 4 rings (SSSR count). The maximum Gasteiger partial charge on any atom is 0.307 e. The summed E-state index contributed by atoms with van der Waals surface area (Å²) in [7, 11) is 0. The topological polar surface area (TPSA) is 63.6 Å². The van der Waals surface area contributed by atoms with Crippen LogP contribution in [-0.2, 0) is 29.1 Å². The van der Waals surface area contributed by atoms with Crippen molar-refractivity contribution in [3.8, 4) is 11.1 Å². The number of allylic oxidation sites excluding steroid dienone is 2. The van der Waals surface area contributed by atoms with Crippen molar-refractivity contribution in [3.63, 3.8) is 0 Å². The fourth-order valence-corrected chi connectivity index (χ4v) is 6.02. The van der Waals surface area contributed by atoms with Gasteiger partial charge < -0.3 is 9.66 Å². The Hall–Kier alpha value is -2.31. The summed E-state index contributed by atoms with van der Waals surface area (Å²) in [4.78, 5) is 11.9. The largest absolute Gasteiger partial charge is 0.593 e. The zero-order valence-electron chi connectivity index (χ0n) is 19.3. The minimum absolute atomic E-state index is 0.121. The van der Waals surface area contributed by atoms with E-state index in [1.807, 2.05) is 19.9 Å². The fourth-order valence-electron chi connectivity index (χ4n) is 5.21. The Balaban J connectivity index is 2.08. The normalized spacial score (nSPS) is 18.0. The van der Waals surface area contributed by atoms with Crippen LogP contribution in [0.25, 0.3) is 16.7 Å². The van der Waals surface area contributed by atoms with E-state index in [2.05, 4.69) is 19.9 Å². The monoisotopic (exact) mass is 455 g/mol. The van der Waals surface area contributed by atoms with Crippen LogP contribution < -0.4 is 4.31 Å². The van der Waals surface area contributed by atoms with Gasteiger partial charge in [-0.1, -0.05) is 32.1 Å². The summed E-state index contributed by atoms with van der Waals surface area (Å²) in [5, 5.41) is 9.72. The molecule has 0 saturated heterocycles. The molecule has 0 spiro atoms. The Morgan fingerprint density at radius 3 is 2.53 bits per heavy atom. The molecule has 1 unspecified atom stereocenters. The lowest BCUT2D eigenvalue weighted by Crippen LogP contribution is -2.34. The van der Waals surface area contributed by atoms with Gasteiger partial charge in [0.1, 0.15) is 12.1 Å². The lowest BCUT2D eigenvalue weighted by molar-refractivity contribution is -0.136. The number of hydrogen-bond acceptors (Lipinski definition) is 3. The lowest BCUT2D eigenvalue weighted by Gasteiger charge is -2.37. The molecule has 0 amide bonds. The highest BCUT2D eigenvalue weighted by atomic mass is 32.2. The zero-order valence-corrected chi connectivity index (χ0v) is 20.2. The first-order valence-corrected chi connectivity index (χ1v) is 12.5. The van der Waals surface area contributed by atoms with Gasteiger partial charge in [0.2, 0.25) is 0 Å². The minimum Gasteiger partial charge on any atom is -0.593 e. The van der Waals surface area contributed by atoms with Gasteiger partial charge >= 0.3 is 5.97 Å². The van der Waals surface area contributed by atoms with E-state index in [-0.39, 0.29) is 17.7 Å². The number of carbonyl (C=O) groups is 1. The van der Waals surface area contributed by atoms with Crippen molar-refractivity contribution in [2.75, 3.05) is 10.6 Å². The van der Waals surface area contributed by atoms with Crippen LogP contribution in [0.15, 0.2) is 24.3 Å². The Morgan fingerprint density at radius 2 is 1.94 bits per heavy atom. The maximum absolute atomic E-state index is 15.2. The highest BCUT2D eigenvalue weighted by molar-refractivity contribution is 7.92. The van der Waals surface area contributed by atoms with E-state index >= 15 is 4.39 Å². The third-order valence-corrected chi connectivity index (χ3v) is 7.87. The summed E-state index contributed by atoms with van der Waals surface area (Å²) in [6.45, 7) is 8.65. The van der Waals surface area contributed by atoms with Crippen LogP contribution >= 0.6 is 0 Å². The van der Waals surface area contributed by atoms with E-state index in [0.29, 0.717) is 17.8 Å². The summed E-state index contributed by atoms with van der Waals surface area (Å²) in [5.74, 6) is -1.21. The smallest absolute Gasteiger partial charge is 0.307 e. The molecule has 1 atom stereocenters.